The summed E-state index contributed by atoms with van der Waals surface area (Å²) in [4.78, 5) is 11.5. The smallest absolute Gasteiger partial charge is 0.407 e. The fourth-order valence-electron chi connectivity index (χ4n) is 1.97. The van der Waals surface area contributed by atoms with Crippen molar-refractivity contribution in [1.82, 2.24) is 5.32 Å². The lowest BCUT2D eigenvalue weighted by molar-refractivity contribution is 0.0537. The van der Waals surface area contributed by atoms with Gasteiger partial charge in [-0.3, -0.25) is 0 Å². The molecule has 98 valence electrons. The molecule has 4 nitrogen and oxygen atoms in total. The Hall–Kier alpha value is -1.55. The molecule has 1 heterocycles. The van der Waals surface area contributed by atoms with Gasteiger partial charge in [0.15, 0.2) is 0 Å². The van der Waals surface area contributed by atoms with Crippen molar-refractivity contribution in [2.45, 2.75) is 19.4 Å². The van der Waals surface area contributed by atoms with Crippen LogP contribution in [0.4, 0.5) is 4.79 Å². The Morgan fingerprint density at radius 1 is 1.39 bits per heavy atom. The number of rotatable bonds is 4. The van der Waals surface area contributed by atoms with E-state index in [1.54, 1.807) is 0 Å². The van der Waals surface area contributed by atoms with Crippen LogP contribution in [0.3, 0.4) is 0 Å². The molecule has 1 saturated heterocycles. The van der Waals surface area contributed by atoms with E-state index in [0.29, 0.717) is 19.1 Å². The predicted molar refractivity (Wildman–Crippen MR) is 68.2 cm³/mol. The number of carbonyl (C=O) groups is 1. The van der Waals surface area contributed by atoms with Gasteiger partial charge in [-0.05, 0) is 24.3 Å². The van der Waals surface area contributed by atoms with E-state index in [1.807, 2.05) is 30.3 Å². The monoisotopic (exact) mass is 249 g/mol. The molecular weight excluding hydrogens is 230 g/mol. The Kier molecular flexibility index (Phi) is 5.02. The molecule has 2 rings (SSSR count). The molecule has 0 spiro atoms. The van der Waals surface area contributed by atoms with Gasteiger partial charge in [-0.1, -0.05) is 30.3 Å². The average Bonchev–Trinajstić information content (AvgIpc) is 2.45. The largest absolute Gasteiger partial charge is 0.445 e. The molecule has 18 heavy (non-hydrogen) atoms. The first-order valence-electron chi connectivity index (χ1n) is 6.37. The van der Waals surface area contributed by atoms with Gasteiger partial charge in [0, 0.05) is 13.2 Å². The molecule has 0 radical (unpaired) electrons. The fraction of sp³-hybridized carbons (Fsp3) is 0.500. The van der Waals surface area contributed by atoms with Crippen LogP contribution in [0, 0.1) is 5.92 Å². The number of carbonyl (C=O) groups excluding carboxylic acids is 1. The topological polar surface area (TPSA) is 47.6 Å². The maximum absolute atomic E-state index is 11.5. The molecule has 1 amide bonds. The van der Waals surface area contributed by atoms with Crippen LogP contribution in [0.1, 0.15) is 18.4 Å². The van der Waals surface area contributed by atoms with E-state index in [-0.39, 0.29) is 6.09 Å². The van der Waals surface area contributed by atoms with Crippen molar-refractivity contribution < 1.29 is 14.3 Å². The van der Waals surface area contributed by atoms with Crippen LogP contribution in [0.15, 0.2) is 30.3 Å². The van der Waals surface area contributed by atoms with Crippen molar-refractivity contribution >= 4 is 6.09 Å². The number of hydrogen-bond acceptors (Lipinski definition) is 3. The van der Waals surface area contributed by atoms with Gasteiger partial charge >= 0.3 is 6.09 Å². The molecule has 4 heteroatoms. The lowest BCUT2D eigenvalue weighted by atomic mass is 10.0. The molecule has 1 atom stereocenters. The normalized spacial score (nSPS) is 19.2. The minimum absolute atomic E-state index is 0.313. The molecule has 1 aromatic rings. The maximum Gasteiger partial charge on any atom is 0.407 e. The lowest BCUT2D eigenvalue weighted by Gasteiger charge is -2.21. The number of hydrogen-bond donors (Lipinski definition) is 1. The zero-order valence-corrected chi connectivity index (χ0v) is 10.4. The average molecular weight is 249 g/mol. The second-order valence-corrected chi connectivity index (χ2v) is 4.53. The Bertz CT molecular complexity index is 361. The van der Waals surface area contributed by atoms with Crippen LogP contribution in [0.5, 0.6) is 0 Å². The van der Waals surface area contributed by atoms with E-state index in [2.05, 4.69) is 5.32 Å². The van der Waals surface area contributed by atoms with E-state index < -0.39 is 0 Å². The summed E-state index contributed by atoms with van der Waals surface area (Å²) in [5.74, 6) is 0.419. The minimum atomic E-state index is -0.357. The van der Waals surface area contributed by atoms with Crippen LogP contribution in [0.2, 0.25) is 0 Å². The molecule has 0 unspecified atom stereocenters. The highest BCUT2D eigenvalue weighted by atomic mass is 16.5. The molecule has 1 aromatic carbocycles. The molecule has 0 saturated carbocycles. The van der Waals surface area contributed by atoms with Crippen molar-refractivity contribution in [3.05, 3.63) is 35.9 Å². The van der Waals surface area contributed by atoms with Gasteiger partial charge in [0.2, 0.25) is 0 Å². The highest BCUT2D eigenvalue weighted by molar-refractivity contribution is 5.67. The van der Waals surface area contributed by atoms with E-state index >= 15 is 0 Å². The number of ether oxygens (including phenoxy) is 2. The van der Waals surface area contributed by atoms with E-state index in [9.17, 15) is 4.79 Å². The quantitative estimate of drug-likeness (QED) is 0.891. The van der Waals surface area contributed by atoms with Crippen LogP contribution < -0.4 is 5.32 Å². The van der Waals surface area contributed by atoms with Crippen LogP contribution in [-0.4, -0.2) is 25.9 Å². The first kappa shape index (κ1) is 12.9. The molecule has 1 fully saturated rings. The number of amides is 1. The molecule has 1 N–H and O–H groups in total. The summed E-state index contributed by atoms with van der Waals surface area (Å²) in [5, 5.41) is 2.78. The summed E-state index contributed by atoms with van der Waals surface area (Å²) in [6.45, 7) is 2.52. The van der Waals surface area contributed by atoms with Crippen LogP contribution in [-0.2, 0) is 16.1 Å². The second-order valence-electron chi connectivity index (χ2n) is 4.53. The highest BCUT2D eigenvalue weighted by Gasteiger charge is 2.14. The summed E-state index contributed by atoms with van der Waals surface area (Å²) in [5.41, 5.74) is 0.994. The van der Waals surface area contributed by atoms with Gasteiger partial charge in [0.25, 0.3) is 0 Å². The zero-order valence-electron chi connectivity index (χ0n) is 10.4. The minimum Gasteiger partial charge on any atom is -0.445 e. The third kappa shape index (κ3) is 4.37. The first-order chi connectivity index (χ1) is 8.84. The summed E-state index contributed by atoms with van der Waals surface area (Å²) in [6, 6.07) is 9.66. The number of benzene rings is 1. The second kappa shape index (κ2) is 7.01. The Labute approximate surface area is 107 Å². The van der Waals surface area contributed by atoms with Gasteiger partial charge in [0.1, 0.15) is 6.61 Å². The molecule has 1 aliphatic rings. The first-order valence-corrected chi connectivity index (χ1v) is 6.37. The third-order valence-corrected chi connectivity index (χ3v) is 3.00. The third-order valence-electron chi connectivity index (χ3n) is 3.00. The molecular formula is C14H19NO3. The standard InChI is InChI=1S/C14H19NO3/c16-14(15-9-13-7-4-8-17-10-13)18-11-12-5-2-1-3-6-12/h1-3,5-6,13H,4,7-11H2,(H,15,16)/t13-/m0/s1. The van der Waals surface area contributed by atoms with Gasteiger partial charge in [-0.25, -0.2) is 4.79 Å². The van der Waals surface area contributed by atoms with Crippen molar-refractivity contribution in [1.29, 1.82) is 0 Å². The SMILES string of the molecule is O=C(NC[C@@H]1CCCOC1)OCc1ccccc1. The highest BCUT2D eigenvalue weighted by Crippen LogP contribution is 2.12. The van der Waals surface area contributed by atoms with Crippen molar-refractivity contribution in [2.24, 2.45) is 5.92 Å². The summed E-state index contributed by atoms with van der Waals surface area (Å²) >= 11 is 0. The van der Waals surface area contributed by atoms with Gasteiger partial charge in [0.05, 0.1) is 6.61 Å². The summed E-state index contributed by atoms with van der Waals surface area (Å²) < 4.78 is 10.5. The van der Waals surface area contributed by atoms with Gasteiger partial charge in [-0.2, -0.15) is 0 Å². The molecule has 0 aliphatic carbocycles. The predicted octanol–water partition coefficient (Wildman–Crippen LogP) is 2.34. The van der Waals surface area contributed by atoms with Gasteiger partial charge in [-0.15, -0.1) is 0 Å². The van der Waals surface area contributed by atoms with Crippen molar-refractivity contribution in [2.75, 3.05) is 19.8 Å². The number of nitrogens with one attached hydrogen (secondary N) is 1. The van der Waals surface area contributed by atoms with Crippen molar-refractivity contribution in [3.8, 4) is 0 Å². The molecule has 1 aliphatic heterocycles. The Morgan fingerprint density at radius 2 is 2.22 bits per heavy atom. The summed E-state index contributed by atoms with van der Waals surface area (Å²) in [6.07, 6.45) is 1.83. The lowest BCUT2D eigenvalue weighted by Crippen LogP contribution is -2.33. The Balaban J connectivity index is 1.63. The van der Waals surface area contributed by atoms with Crippen molar-refractivity contribution in [3.63, 3.8) is 0 Å². The Morgan fingerprint density at radius 3 is 2.94 bits per heavy atom. The fourth-order valence-corrected chi connectivity index (χ4v) is 1.97. The molecule has 0 aromatic heterocycles. The van der Waals surface area contributed by atoms with Crippen LogP contribution in [0.25, 0.3) is 0 Å². The summed E-state index contributed by atoms with van der Waals surface area (Å²) in [7, 11) is 0. The van der Waals surface area contributed by atoms with E-state index in [1.165, 1.54) is 0 Å². The van der Waals surface area contributed by atoms with Gasteiger partial charge < -0.3 is 14.8 Å². The van der Waals surface area contributed by atoms with Crippen LogP contribution >= 0.6 is 0 Å². The maximum atomic E-state index is 11.5. The van der Waals surface area contributed by atoms with E-state index in [4.69, 9.17) is 9.47 Å². The number of alkyl carbamates (subject to hydrolysis) is 1. The van der Waals surface area contributed by atoms with E-state index in [0.717, 1.165) is 31.6 Å². The zero-order chi connectivity index (χ0) is 12.6. The molecule has 0 bridgehead atoms.